The zero-order valence-corrected chi connectivity index (χ0v) is 23.9. The molecule has 0 bridgehead atoms. The molecule has 7 rings (SSSR count). The molecule has 0 radical (unpaired) electrons. The van der Waals surface area contributed by atoms with Gasteiger partial charge in [0.1, 0.15) is 22.3 Å². The van der Waals surface area contributed by atoms with Gasteiger partial charge in [0, 0.05) is 48.9 Å². The second-order valence-electron chi connectivity index (χ2n) is 11.3. The number of ether oxygens (including phenoxy) is 2. The molecule has 41 heavy (non-hydrogen) atoms. The van der Waals surface area contributed by atoms with Gasteiger partial charge in [-0.25, -0.2) is 13.1 Å². The third kappa shape index (κ3) is 5.27. The quantitative estimate of drug-likeness (QED) is 0.281. The molecule has 2 aliphatic carbocycles. The summed E-state index contributed by atoms with van der Waals surface area (Å²) in [7, 11) is -2.04. The van der Waals surface area contributed by atoms with E-state index in [0.29, 0.717) is 48.9 Å². The lowest BCUT2D eigenvalue weighted by Gasteiger charge is -2.29. The fraction of sp³-hybridized carbons (Fsp3) is 0.448. The van der Waals surface area contributed by atoms with Crippen LogP contribution in [0, 0.1) is 5.92 Å². The Labute approximate surface area is 240 Å². The number of aromatic nitrogens is 2. The summed E-state index contributed by atoms with van der Waals surface area (Å²) >= 11 is 0. The molecule has 12 heteroatoms. The third-order valence-electron chi connectivity index (χ3n) is 8.38. The molecule has 2 aromatic carbocycles. The van der Waals surface area contributed by atoms with Gasteiger partial charge in [0.15, 0.2) is 0 Å². The first-order chi connectivity index (χ1) is 19.9. The van der Waals surface area contributed by atoms with Gasteiger partial charge in [0.25, 0.3) is 0 Å². The second kappa shape index (κ2) is 10.3. The minimum Gasteiger partial charge on any atom is -0.494 e. The highest BCUT2D eigenvalue weighted by Crippen LogP contribution is 2.56. The van der Waals surface area contributed by atoms with Crippen LogP contribution in [0.4, 0.5) is 34.6 Å². The normalized spacial score (nSPS) is 19.0. The van der Waals surface area contributed by atoms with Crippen molar-refractivity contribution in [2.24, 2.45) is 5.92 Å². The standard InChI is InChI=1S/C29H35N7O4S/c1-39-23-16-20(36-12-14-40-15-13-36)8-9-21(23)33-28-34-26-25(29(10-11-29)18-30-26)27(35-28)32-22-4-2-3-5-24(22)41(37,38)31-17-19-6-7-19/h2-5,8-9,16,19,31H,6-7,10-15,17-18H2,1H3,(H3,30,32,33,34,35). The van der Waals surface area contributed by atoms with Gasteiger partial charge in [-0.05, 0) is 55.9 Å². The molecule has 3 fully saturated rings. The summed E-state index contributed by atoms with van der Waals surface area (Å²) in [6.07, 6.45) is 4.22. The summed E-state index contributed by atoms with van der Waals surface area (Å²) in [5.74, 6) is 2.87. The molecule has 2 saturated carbocycles. The Morgan fingerprint density at radius 3 is 2.63 bits per heavy atom. The minimum atomic E-state index is -3.69. The van der Waals surface area contributed by atoms with Crippen molar-refractivity contribution in [3.8, 4) is 5.75 Å². The van der Waals surface area contributed by atoms with Gasteiger partial charge < -0.3 is 30.3 Å². The van der Waals surface area contributed by atoms with Gasteiger partial charge >= 0.3 is 0 Å². The fourth-order valence-corrected chi connectivity index (χ4v) is 6.91. The molecule has 0 unspecified atom stereocenters. The van der Waals surface area contributed by atoms with E-state index >= 15 is 0 Å². The van der Waals surface area contributed by atoms with E-state index in [2.05, 4.69) is 31.6 Å². The summed E-state index contributed by atoms with van der Waals surface area (Å²) < 4.78 is 40.5. The summed E-state index contributed by atoms with van der Waals surface area (Å²) in [6, 6.07) is 13.0. The van der Waals surface area contributed by atoms with Crippen LogP contribution in [0.25, 0.3) is 0 Å². The maximum absolute atomic E-state index is 13.2. The van der Waals surface area contributed by atoms with E-state index in [1.807, 2.05) is 18.2 Å². The summed E-state index contributed by atoms with van der Waals surface area (Å²) in [5, 5.41) is 10.2. The summed E-state index contributed by atoms with van der Waals surface area (Å²) in [6.45, 7) is 4.33. The van der Waals surface area contributed by atoms with Crippen molar-refractivity contribution in [2.45, 2.75) is 36.0 Å². The monoisotopic (exact) mass is 577 g/mol. The predicted octanol–water partition coefficient (Wildman–Crippen LogP) is 3.95. The van der Waals surface area contributed by atoms with Gasteiger partial charge in [-0.2, -0.15) is 9.97 Å². The highest BCUT2D eigenvalue weighted by molar-refractivity contribution is 7.89. The fourth-order valence-electron chi connectivity index (χ4n) is 5.64. The van der Waals surface area contributed by atoms with Crippen molar-refractivity contribution in [3.63, 3.8) is 0 Å². The third-order valence-corrected chi connectivity index (χ3v) is 9.87. The lowest BCUT2D eigenvalue weighted by atomic mass is 10.0. The topological polar surface area (TPSA) is 130 Å². The Balaban J connectivity index is 1.21. The van der Waals surface area contributed by atoms with Crippen molar-refractivity contribution >= 4 is 44.7 Å². The molecule has 0 atom stereocenters. The molecule has 0 amide bonds. The predicted molar refractivity (Wildman–Crippen MR) is 158 cm³/mol. The highest BCUT2D eigenvalue weighted by Gasteiger charge is 2.52. The molecule has 3 heterocycles. The number of sulfonamides is 1. The van der Waals surface area contributed by atoms with Gasteiger partial charge in [-0.1, -0.05) is 12.1 Å². The first-order valence-electron chi connectivity index (χ1n) is 14.2. The van der Waals surface area contributed by atoms with Gasteiger partial charge in [-0.3, -0.25) is 0 Å². The zero-order valence-electron chi connectivity index (χ0n) is 23.1. The van der Waals surface area contributed by atoms with E-state index in [-0.39, 0.29) is 10.3 Å². The number of methoxy groups -OCH3 is 1. The van der Waals surface area contributed by atoms with E-state index in [1.54, 1.807) is 25.3 Å². The van der Waals surface area contributed by atoms with Crippen LogP contribution >= 0.6 is 0 Å². The Morgan fingerprint density at radius 1 is 1.07 bits per heavy atom. The summed E-state index contributed by atoms with van der Waals surface area (Å²) in [5.41, 5.74) is 3.28. The Hall–Kier alpha value is -3.61. The van der Waals surface area contributed by atoms with E-state index in [1.165, 1.54) is 0 Å². The van der Waals surface area contributed by atoms with Gasteiger partial charge in [0.05, 0.1) is 31.7 Å². The maximum atomic E-state index is 13.2. The first-order valence-corrected chi connectivity index (χ1v) is 15.7. The Bertz CT molecular complexity index is 1570. The first kappa shape index (κ1) is 26.3. The Kier molecular flexibility index (Phi) is 6.63. The number of benzene rings is 2. The molecule has 2 aliphatic heterocycles. The molecule has 216 valence electrons. The molecule has 4 aliphatic rings. The van der Waals surface area contributed by atoms with Crippen molar-refractivity contribution in [2.75, 3.05) is 67.4 Å². The second-order valence-corrected chi connectivity index (χ2v) is 13.0. The largest absolute Gasteiger partial charge is 0.494 e. The number of hydrogen-bond donors (Lipinski definition) is 4. The van der Waals surface area contributed by atoms with Crippen LogP contribution in [0.3, 0.4) is 0 Å². The smallest absolute Gasteiger partial charge is 0.242 e. The molecular formula is C29H35N7O4S. The van der Waals surface area contributed by atoms with Gasteiger partial charge in [0.2, 0.25) is 16.0 Å². The molecule has 1 aromatic heterocycles. The van der Waals surface area contributed by atoms with Crippen molar-refractivity contribution in [1.29, 1.82) is 0 Å². The van der Waals surface area contributed by atoms with Crippen molar-refractivity contribution < 1.29 is 17.9 Å². The van der Waals surface area contributed by atoms with Crippen LogP contribution in [-0.4, -0.2) is 64.9 Å². The average Bonchev–Trinajstić information content (AvgIpc) is 3.92. The zero-order chi connectivity index (χ0) is 28.0. The SMILES string of the molecule is COc1cc(N2CCOCC2)ccc1Nc1nc2c(c(Nc3ccccc3S(=O)(=O)NCC3CC3)n1)C1(CC1)CN2. The number of hydrogen-bond acceptors (Lipinski definition) is 10. The lowest BCUT2D eigenvalue weighted by molar-refractivity contribution is 0.122. The number of rotatable bonds is 10. The number of nitrogens with one attached hydrogen (secondary N) is 4. The maximum Gasteiger partial charge on any atom is 0.242 e. The van der Waals surface area contributed by atoms with Crippen LogP contribution < -0.4 is 30.3 Å². The van der Waals surface area contributed by atoms with Crippen LogP contribution in [0.5, 0.6) is 5.75 Å². The van der Waals surface area contributed by atoms with E-state index in [4.69, 9.17) is 19.4 Å². The van der Waals surface area contributed by atoms with E-state index < -0.39 is 10.0 Å². The van der Waals surface area contributed by atoms with Crippen LogP contribution in [-0.2, 0) is 20.2 Å². The van der Waals surface area contributed by atoms with Crippen molar-refractivity contribution in [3.05, 3.63) is 48.0 Å². The summed E-state index contributed by atoms with van der Waals surface area (Å²) in [4.78, 5) is 12.2. The van der Waals surface area contributed by atoms with Crippen molar-refractivity contribution in [1.82, 2.24) is 14.7 Å². The molecule has 4 N–H and O–H groups in total. The van der Waals surface area contributed by atoms with Crippen LogP contribution in [0.2, 0.25) is 0 Å². The Morgan fingerprint density at radius 2 is 1.88 bits per heavy atom. The number of para-hydroxylation sites is 1. The number of fused-ring (bicyclic) bond motifs is 2. The van der Waals surface area contributed by atoms with Crippen LogP contribution in [0.15, 0.2) is 47.4 Å². The number of anilines is 6. The number of nitrogens with zero attached hydrogens (tertiary/aromatic N) is 3. The van der Waals surface area contributed by atoms with Crippen LogP contribution in [0.1, 0.15) is 31.2 Å². The molecule has 1 spiro atoms. The van der Waals surface area contributed by atoms with E-state index in [0.717, 1.165) is 68.1 Å². The molecule has 11 nitrogen and oxygen atoms in total. The molecule has 3 aromatic rings. The highest BCUT2D eigenvalue weighted by atomic mass is 32.2. The lowest BCUT2D eigenvalue weighted by Crippen LogP contribution is -2.36. The minimum absolute atomic E-state index is 0.0221. The van der Waals surface area contributed by atoms with Gasteiger partial charge in [-0.15, -0.1) is 0 Å². The molecule has 1 saturated heterocycles. The molecular weight excluding hydrogens is 542 g/mol. The average molecular weight is 578 g/mol. The van der Waals surface area contributed by atoms with E-state index in [9.17, 15) is 8.42 Å². The number of morpholine rings is 1.